The highest BCUT2D eigenvalue weighted by Gasteiger charge is 2.21. The molecule has 4 nitrogen and oxygen atoms in total. The third-order valence-corrected chi connectivity index (χ3v) is 5.81. The van der Waals surface area contributed by atoms with Crippen molar-refractivity contribution in [3.63, 3.8) is 0 Å². The van der Waals surface area contributed by atoms with Crippen molar-refractivity contribution in [2.45, 2.75) is 38.3 Å². The minimum atomic E-state index is 0.471. The lowest BCUT2D eigenvalue weighted by molar-refractivity contribution is 0.375. The van der Waals surface area contributed by atoms with E-state index in [1.807, 2.05) is 24.0 Å². The van der Waals surface area contributed by atoms with Gasteiger partial charge in [-0.3, -0.25) is 4.98 Å². The predicted molar refractivity (Wildman–Crippen MR) is 113 cm³/mol. The first-order valence-corrected chi connectivity index (χ1v) is 10.6. The monoisotopic (exact) mass is 378 g/mol. The van der Waals surface area contributed by atoms with E-state index >= 15 is 0 Å². The summed E-state index contributed by atoms with van der Waals surface area (Å²) < 4.78 is 0. The second kappa shape index (κ2) is 8.63. The largest absolute Gasteiger partial charge is 0.371 e. The number of piperidine rings is 1. The van der Waals surface area contributed by atoms with Gasteiger partial charge in [0.15, 0.2) is 0 Å². The molecule has 0 radical (unpaired) electrons. The zero-order valence-corrected chi connectivity index (χ0v) is 16.5. The van der Waals surface area contributed by atoms with E-state index in [1.165, 1.54) is 29.7 Å². The second-order valence-corrected chi connectivity index (χ2v) is 8.04. The molecule has 1 fully saturated rings. The van der Waals surface area contributed by atoms with Gasteiger partial charge in [-0.15, -0.1) is 11.3 Å². The van der Waals surface area contributed by atoms with Crippen molar-refractivity contribution in [3.05, 3.63) is 65.2 Å². The van der Waals surface area contributed by atoms with Crippen LogP contribution in [0.25, 0.3) is 11.3 Å². The zero-order valence-electron chi connectivity index (χ0n) is 15.7. The smallest absolute Gasteiger partial charge is 0.0811 e. The van der Waals surface area contributed by atoms with Gasteiger partial charge in [-0.25, -0.2) is 4.98 Å². The van der Waals surface area contributed by atoms with Gasteiger partial charge in [-0.2, -0.15) is 0 Å². The van der Waals surface area contributed by atoms with Crippen molar-refractivity contribution in [2.75, 3.05) is 18.0 Å². The van der Waals surface area contributed by atoms with Crippen molar-refractivity contribution in [1.82, 2.24) is 15.3 Å². The average Bonchev–Trinajstić information content (AvgIpc) is 3.24. The van der Waals surface area contributed by atoms with Gasteiger partial charge in [-0.05, 0) is 49.9 Å². The maximum atomic E-state index is 4.44. The second-order valence-electron chi connectivity index (χ2n) is 7.32. The third kappa shape index (κ3) is 4.73. The highest BCUT2D eigenvalue weighted by molar-refractivity contribution is 7.07. The molecule has 1 N–H and O–H groups in total. The molecule has 2 aromatic heterocycles. The summed E-state index contributed by atoms with van der Waals surface area (Å²) in [5.74, 6) is 0. The zero-order chi connectivity index (χ0) is 18.5. The Hall–Kier alpha value is -2.24. The van der Waals surface area contributed by atoms with E-state index in [9.17, 15) is 0 Å². The number of benzene rings is 1. The predicted octanol–water partition coefficient (Wildman–Crippen LogP) is 4.39. The highest BCUT2D eigenvalue weighted by Crippen LogP contribution is 2.26. The topological polar surface area (TPSA) is 41.1 Å². The van der Waals surface area contributed by atoms with Gasteiger partial charge in [0.05, 0.1) is 11.2 Å². The molecule has 1 aliphatic heterocycles. The van der Waals surface area contributed by atoms with E-state index in [2.05, 4.69) is 62.8 Å². The first-order chi connectivity index (χ1) is 13.3. The number of hydrogen-bond acceptors (Lipinski definition) is 5. The molecule has 1 atom stereocenters. The molecule has 5 heteroatoms. The summed E-state index contributed by atoms with van der Waals surface area (Å²) in [5, 5.41) is 5.92. The molecule has 0 spiro atoms. The number of rotatable bonds is 6. The van der Waals surface area contributed by atoms with Crippen LogP contribution in [0.1, 0.15) is 25.3 Å². The normalized spacial score (nSPS) is 16.4. The number of nitrogens with one attached hydrogen (secondary N) is 1. The van der Waals surface area contributed by atoms with E-state index in [0.717, 1.165) is 25.2 Å². The summed E-state index contributed by atoms with van der Waals surface area (Å²) in [7, 11) is 0. The van der Waals surface area contributed by atoms with E-state index in [1.54, 1.807) is 11.3 Å². The molecule has 27 heavy (non-hydrogen) atoms. The molecule has 1 saturated heterocycles. The number of nitrogens with zero attached hydrogens (tertiary/aromatic N) is 3. The number of pyridine rings is 1. The first kappa shape index (κ1) is 18.1. The fourth-order valence-corrected chi connectivity index (χ4v) is 4.42. The minimum absolute atomic E-state index is 0.471. The summed E-state index contributed by atoms with van der Waals surface area (Å²) in [5.41, 5.74) is 6.78. The lowest BCUT2D eigenvalue weighted by Crippen LogP contribution is -2.46. The Morgan fingerprint density at radius 2 is 2.11 bits per heavy atom. The van der Waals surface area contributed by atoms with Gasteiger partial charge in [0, 0.05) is 54.2 Å². The molecule has 1 aromatic carbocycles. The summed E-state index contributed by atoms with van der Waals surface area (Å²) in [6.45, 7) is 4.46. The van der Waals surface area contributed by atoms with Crippen molar-refractivity contribution < 1.29 is 0 Å². The summed E-state index contributed by atoms with van der Waals surface area (Å²) in [6.07, 6.45) is 7.19. The number of aromatic nitrogens is 2. The van der Waals surface area contributed by atoms with Gasteiger partial charge in [0.2, 0.25) is 0 Å². The lowest BCUT2D eigenvalue weighted by Gasteiger charge is -2.35. The standard InChI is InChI=1S/C22H26N4S/c1-17(12-18-4-3-9-23-14-18)25-20-7-10-26(11-8-20)21-6-2-5-19(13-21)22-15-27-16-24-22/h2-6,9,13-17,20,25H,7-8,10-12H2,1H3. The van der Waals surface area contributed by atoms with E-state index in [4.69, 9.17) is 0 Å². The van der Waals surface area contributed by atoms with Crippen molar-refractivity contribution in [1.29, 1.82) is 0 Å². The van der Waals surface area contributed by atoms with Crippen LogP contribution in [0.4, 0.5) is 5.69 Å². The molecule has 3 heterocycles. The summed E-state index contributed by atoms with van der Waals surface area (Å²) >= 11 is 1.65. The maximum absolute atomic E-state index is 4.44. The average molecular weight is 379 g/mol. The van der Waals surface area contributed by atoms with E-state index < -0.39 is 0 Å². The Balaban J connectivity index is 1.31. The van der Waals surface area contributed by atoms with Crippen LogP contribution >= 0.6 is 11.3 Å². The van der Waals surface area contributed by atoms with Crippen LogP contribution in [0.2, 0.25) is 0 Å². The first-order valence-electron chi connectivity index (χ1n) is 9.66. The summed E-state index contributed by atoms with van der Waals surface area (Å²) in [4.78, 5) is 11.2. The Kier molecular flexibility index (Phi) is 5.80. The molecule has 0 bridgehead atoms. The molecular weight excluding hydrogens is 352 g/mol. The van der Waals surface area contributed by atoms with Gasteiger partial charge in [0.25, 0.3) is 0 Å². The fraction of sp³-hybridized carbons (Fsp3) is 0.364. The Bertz CT molecular complexity index is 827. The Morgan fingerprint density at radius 3 is 2.85 bits per heavy atom. The number of thiazole rings is 1. The molecular formula is C22H26N4S. The van der Waals surface area contributed by atoms with Crippen LogP contribution < -0.4 is 10.2 Å². The number of hydrogen-bond donors (Lipinski definition) is 1. The van der Waals surface area contributed by atoms with Gasteiger partial charge in [-0.1, -0.05) is 18.2 Å². The van der Waals surface area contributed by atoms with Crippen LogP contribution in [-0.2, 0) is 6.42 Å². The van der Waals surface area contributed by atoms with Gasteiger partial charge < -0.3 is 10.2 Å². The Morgan fingerprint density at radius 1 is 1.22 bits per heavy atom. The summed E-state index contributed by atoms with van der Waals surface area (Å²) in [6, 6.07) is 14.0. The van der Waals surface area contributed by atoms with E-state index in [-0.39, 0.29) is 0 Å². The SMILES string of the molecule is CC(Cc1cccnc1)NC1CCN(c2cccc(-c3cscn3)c2)CC1. The van der Waals surface area contributed by atoms with Gasteiger partial charge in [0.1, 0.15) is 0 Å². The maximum Gasteiger partial charge on any atom is 0.0811 e. The molecule has 1 unspecified atom stereocenters. The molecule has 1 aliphatic rings. The third-order valence-electron chi connectivity index (χ3n) is 5.22. The van der Waals surface area contributed by atoms with Crippen LogP contribution in [0.5, 0.6) is 0 Å². The van der Waals surface area contributed by atoms with E-state index in [0.29, 0.717) is 12.1 Å². The van der Waals surface area contributed by atoms with Crippen molar-refractivity contribution in [3.8, 4) is 11.3 Å². The number of anilines is 1. The van der Waals surface area contributed by atoms with Crippen LogP contribution in [0.15, 0.2) is 59.7 Å². The van der Waals surface area contributed by atoms with Gasteiger partial charge >= 0.3 is 0 Å². The molecule has 3 aromatic rings. The quantitative estimate of drug-likeness (QED) is 0.690. The fourth-order valence-electron chi connectivity index (χ4n) is 3.86. The highest BCUT2D eigenvalue weighted by atomic mass is 32.1. The van der Waals surface area contributed by atoms with Crippen LogP contribution in [-0.4, -0.2) is 35.1 Å². The molecule has 4 rings (SSSR count). The van der Waals surface area contributed by atoms with Crippen molar-refractivity contribution in [2.24, 2.45) is 0 Å². The molecule has 140 valence electrons. The molecule has 0 amide bonds. The molecule has 0 saturated carbocycles. The minimum Gasteiger partial charge on any atom is -0.371 e. The molecule has 0 aliphatic carbocycles. The van der Waals surface area contributed by atoms with Crippen molar-refractivity contribution >= 4 is 17.0 Å². The van der Waals surface area contributed by atoms with Crippen LogP contribution in [0, 0.1) is 0 Å². The lowest BCUT2D eigenvalue weighted by atomic mass is 10.0. The Labute approximate surface area is 165 Å². The van der Waals surface area contributed by atoms with Crippen LogP contribution in [0.3, 0.4) is 0 Å².